The highest BCUT2D eigenvalue weighted by molar-refractivity contribution is 6.05. The molecule has 2 N–H and O–H groups in total. The smallest absolute Gasteiger partial charge is 0.438 e. The van der Waals surface area contributed by atoms with E-state index in [0.717, 1.165) is 12.7 Å². The molecule has 0 unspecified atom stereocenters. The molecule has 22 heavy (non-hydrogen) atoms. The van der Waals surface area contributed by atoms with Crippen LogP contribution in [0.25, 0.3) is 0 Å². The first-order valence-corrected chi connectivity index (χ1v) is 6.56. The number of hydrogen-bond donors (Lipinski definition) is 2. The van der Waals surface area contributed by atoms with Crippen molar-refractivity contribution in [3.05, 3.63) is 59.7 Å². The topological polar surface area (TPSA) is 78.9 Å². The molecule has 6 nitrogen and oxygen atoms in total. The SMILES string of the molecule is COC(=O)N(O)c1cccc(C(=O)Nc2cccc(C)c2)c1. The molecule has 0 saturated heterocycles. The van der Waals surface area contributed by atoms with Crippen molar-refractivity contribution in [3.8, 4) is 0 Å². The Balaban J connectivity index is 2.18. The Kier molecular flexibility index (Phi) is 4.75. The predicted octanol–water partition coefficient (Wildman–Crippen LogP) is 3.21. The maximum absolute atomic E-state index is 12.2. The van der Waals surface area contributed by atoms with Gasteiger partial charge in [0.25, 0.3) is 5.91 Å². The van der Waals surface area contributed by atoms with Crippen LogP contribution in [0.5, 0.6) is 0 Å². The number of aryl methyl sites for hydroxylation is 1. The van der Waals surface area contributed by atoms with E-state index >= 15 is 0 Å². The molecule has 2 aromatic rings. The second-order valence-electron chi connectivity index (χ2n) is 4.66. The van der Waals surface area contributed by atoms with Crippen LogP contribution >= 0.6 is 0 Å². The highest BCUT2D eigenvalue weighted by Gasteiger charge is 2.15. The number of nitrogens with zero attached hydrogens (tertiary/aromatic N) is 1. The quantitative estimate of drug-likeness (QED) is 0.674. The van der Waals surface area contributed by atoms with Crippen LogP contribution in [0.1, 0.15) is 15.9 Å². The summed E-state index contributed by atoms with van der Waals surface area (Å²) in [5, 5.41) is 12.7. The molecule has 0 heterocycles. The Morgan fingerprint density at radius 2 is 1.86 bits per heavy atom. The van der Waals surface area contributed by atoms with Gasteiger partial charge in [0.1, 0.15) is 0 Å². The van der Waals surface area contributed by atoms with Crippen molar-refractivity contribution in [3.63, 3.8) is 0 Å². The van der Waals surface area contributed by atoms with E-state index in [-0.39, 0.29) is 11.6 Å². The molecular weight excluding hydrogens is 284 g/mol. The lowest BCUT2D eigenvalue weighted by Crippen LogP contribution is -2.27. The van der Waals surface area contributed by atoms with Crippen LogP contribution in [0.15, 0.2) is 48.5 Å². The first-order valence-electron chi connectivity index (χ1n) is 6.56. The Bertz CT molecular complexity index is 700. The van der Waals surface area contributed by atoms with Crippen molar-refractivity contribution in [2.24, 2.45) is 0 Å². The second-order valence-corrected chi connectivity index (χ2v) is 4.66. The van der Waals surface area contributed by atoms with E-state index in [9.17, 15) is 14.8 Å². The Labute approximate surface area is 127 Å². The number of anilines is 2. The molecule has 2 amide bonds. The lowest BCUT2D eigenvalue weighted by Gasteiger charge is -2.14. The van der Waals surface area contributed by atoms with Crippen LogP contribution in [0.3, 0.4) is 0 Å². The monoisotopic (exact) mass is 300 g/mol. The molecule has 2 rings (SSSR count). The van der Waals surface area contributed by atoms with Gasteiger partial charge in [0, 0.05) is 11.3 Å². The van der Waals surface area contributed by atoms with Crippen LogP contribution in [0.2, 0.25) is 0 Å². The standard InChI is InChI=1S/C16H16N2O4/c1-11-5-3-7-13(9-11)17-15(19)12-6-4-8-14(10-12)18(21)16(20)22-2/h3-10,21H,1-2H3,(H,17,19). The summed E-state index contributed by atoms with van der Waals surface area (Å²) in [4.78, 5) is 23.5. The van der Waals surface area contributed by atoms with E-state index in [4.69, 9.17) is 0 Å². The maximum Gasteiger partial charge on any atom is 0.438 e. The summed E-state index contributed by atoms with van der Waals surface area (Å²) in [7, 11) is 1.15. The van der Waals surface area contributed by atoms with Gasteiger partial charge in [0.05, 0.1) is 12.8 Å². The molecule has 0 aliphatic rings. The van der Waals surface area contributed by atoms with Crippen molar-refractivity contribution < 1.29 is 19.5 Å². The summed E-state index contributed by atoms with van der Waals surface area (Å²) in [5.74, 6) is -0.342. The van der Waals surface area contributed by atoms with E-state index in [1.54, 1.807) is 18.2 Å². The molecule has 0 spiro atoms. The fourth-order valence-electron chi connectivity index (χ4n) is 1.90. The van der Waals surface area contributed by atoms with Gasteiger partial charge in [-0.05, 0) is 42.8 Å². The highest BCUT2D eigenvalue weighted by Crippen LogP contribution is 2.17. The molecule has 0 radical (unpaired) electrons. The van der Waals surface area contributed by atoms with Gasteiger partial charge in [0.2, 0.25) is 0 Å². The molecule has 2 aromatic carbocycles. The molecular formula is C16H16N2O4. The van der Waals surface area contributed by atoms with E-state index in [1.807, 2.05) is 25.1 Å². The fourth-order valence-corrected chi connectivity index (χ4v) is 1.90. The Morgan fingerprint density at radius 1 is 1.14 bits per heavy atom. The van der Waals surface area contributed by atoms with Gasteiger partial charge in [0.15, 0.2) is 0 Å². The molecule has 0 fully saturated rings. The van der Waals surface area contributed by atoms with Gasteiger partial charge < -0.3 is 10.1 Å². The normalized spacial score (nSPS) is 9.95. The van der Waals surface area contributed by atoms with Crippen molar-refractivity contribution >= 4 is 23.4 Å². The van der Waals surface area contributed by atoms with E-state index in [1.165, 1.54) is 12.1 Å². The number of rotatable bonds is 3. The van der Waals surface area contributed by atoms with Gasteiger partial charge >= 0.3 is 6.09 Å². The third-order valence-corrected chi connectivity index (χ3v) is 2.98. The number of ether oxygens (including phenoxy) is 1. The molecule has 0 bridgehead atoms. The highest BCUT2D eigenvalue weighted by atomic mass is 16.6. The molecule has 0 aliphatic carbocycles. The van der Waals surface area contributed by atoms with Gasteiger partial charge in [-0.15, -0.1) is 0 Å². The number of benzene rings is 2. The fraction of sp³-hybridized carbons (Fsp3) is 0.125. The summed E-state index contributed by atoms with van der Waals surface area (Å²) >= 11 is 0. The summed E-state index contributed by atoms with van der Waals surface area (Å²) in [6.07, 6.45) is -0.934. The number of amides is 2. The second kappa shape index (κ2) is 6.73. The summed E-state index contributed by atoms with van der Waals surface area (Å²) in [6.45, 7) is 1.93. The maximum atomic E-state index is 12.2. The predicted molar refractivity (Wildman–Crippen MR) is 82.2 cm³/mol. The third-order valence-electron chi connectivity index (χ3n) is 2.98. The third kappa shape index (κ3) is 3.62. The number of nitrogens with one attached hydrogen (secondary N) is 1. The largest absolute Gasteiger partial charge is 0.451 e. The number of carbonyl (C=O) groups is 2. The van der Waals surface area contributed by atoms with Gasteiger partial charge in [-0.1, -0.05) is 18.2 Å². The molecule has 6 heteroatoms. The van der Waals surface area contributed by atoms with Crippen molar-refractivity contribution in [2.75, 3.05) is 17.5 Å². The minimum absolute atomic E-state index is 0.142. The first kappa shape index (κ1) is 15.5. The Morgan fingerprint density at radius 3 is 2.55 bits per heavy atom. The number of carbonyl (C=O) groups excluding carboxylic acids is 2. The Hall–Kier alpha value is -2.86. The minimum atomic E-state index is -0.934. The van der Waals surface area contributed by atoms with Gasteiger partial charge in [-0.25, -0.2) is 4.79 Å². The van der Waals surface area contributed by atoms with E-state index in [0.29, 0.717) is 16.3 Å². The van der Waals surface area contributed by atoms with E-state index in [2.05, 4.69) is 10.1 Å². The average molecular weight is 300 g/mol. The zero-order chi connectivity index (χ0) is 16.1. The molecule has 0 aliphatic heterocycles. The lowest BCUT2D eigenvalue weighted by molar-refractivity contribution is 0.102. The van der Waals surface area contributed by atoms with Gasteiger partial charge in [-0.3, -0.25) is 10.0 Å². The zero-order valence-electron chi connectivity index (χ0n) is 12.2. The van der Waals surface area contributed by atoms with Crippen molar-refractivity contribution in [1.82, 2.24) is 0 Å². The number of hydroxylamine groups is 1. The summed E-state index contributed by atoms with van der Waals surface area (Å²) in [5.41, 5.74) is 2.15. The zero-order valence-corrected chi connectivity index (χ0v) is 12.2. The van der Waals surface area contributed by atoms with Crippen LogP contribution in [-0.2, 0) is 4.74 Å². The summed E-state index contributed by atoms with van der Waals surface area (Å²) in [6, 6.07) is 13.4. The number of methoxy groups -OCH3 is 1. The van der Waals surface area contributed by atoms with E-state index < -0.39 is 6.09 Å². The van der Waals surface area contributed by atoms with Crippen LogP contribution in [-0.4, -0.2) is 24.3 Å². The average Bonchev–Trinajstić information content (AvgIpc) is 2.53. The molecule has 114 valence electrons. The molecule has 0 saturated carbocycles. The van der Waals surface area contributed by atoms with Crippen LogP contribution < -0.4 is 10.4 Å². The number of hydrogen-bond acceptors (Lipinski definition) is 4. The minimum Gasteiger partial charge on any atom is -0.451 e. The van der Waals surface area contributed by atoms with Crippen LogP contribution in [0, 0.1) is 6.92 Å². The molecule has 0 aromatic heterocycles. The summed E-state index contributed by atoms with van der Waals surface area (Å²) < 4.78 is 4.41. The first-order chi connectivity index (χ1) is 10.5. The van der Waals surface area contributed by atoms with Crippen LogP contribution in [0.4, 0.5) is 16.2 Å². The lowest BCUT2D eigenvalue weighted by atomic mass is 10.1. The molecule has 0 atom stereocenters. The van der Waals surface area contributed by atoms with Gasteiger partial charge in [-0.2, -0.15) is 5.06 Å². The van der Waals surface area contributed by atoms with Crippen molar-refractivity contribution in [2.45, 2.75) is 6.92 Å². The van der Waals surface area contributed by atoms with Crippen molar-refractivity contribution in [1.29, 1.82) is 0 Å².